The van der Waals surface area contributed by atoms with E-state index in [1.165, 1.54) is 36.9 Å². The molecule has 1 N–H and O–H groups in total. The molecule has 0 bridgehead atoms. The first-order valence-electron chi connectivity index (χ1n) is 7.48. The first-order chi connectivity index (χ1) is 9.28. The molecule has 0 unspecified atom stereocenters. The lowest BCUT2D eigenvalue weighted by atomic mass is 10.1. The second kappa shape index (κ2) is 7.68. The molecule has 19 heavy (non-hydrogen) atoms. The first kappa shape index (κ1) is 14.6. The Morgan fingerprint density at radius 2 is 1.84 bits per heavy atom. The van der Waals surface area contributed by atoms with Gasteiger partial charge in [-0.1, -0.05) is 31.9 Å². The van der Waals surface area contributed by atoms with Crippen LogP contribution in [0.15, 0.2) is 24.3 Å². The average molecular weight is 279 g/mol. The Hall–Kier alpha value is -0.830. The van der Waals surface area contributed by atoms with E-state index in [-0.39, 0.29) is 0 Å². The maximum Gasteiger partial charge on any atom is 0.0342 e. The van der Waals surface area contributed by atoms with Crippen molar-refractivity contribution in [1.82, 2.24) is 0 Å². The van der Waals surface area contributed by atoms with Crippen LogP contribution in [-0.4, -0.2) is 21.8 Å². The van der Waals surface area contributed by atoms with Crippen molar-refractivity contribution in [1.29, 1.82) is 0 Å². The van der Waals surface area contributed by atoms with Crippen LogP contribution in [0.4, 0.5) is 5.69 Å². The molecule has 106 valence electrons. The maximum atomic E-state index is 11.3. The molecule has 0 amide bonds. The summed E-state index contributed by atoms with van der Waals surface area (Å²) in [7, 11) is -0.567. The van der Waals surface area contributed by atoms with Crippen LogP contribution in [-0.2, 0) is 17.2 Å². The fourth-order valence-electron chi connectivity index (χ4n) is 2.52. The highest BCUT2D eigenvalue weighted by atomic mass is 32.2. The Kier molecular flexibility index (Phi) is 5.90. The largest absolute Gasteiger partial charge is 0.382 e. The normalized spacial score (nSPS) is 23.2. The highest BCUT2D eigenvalue weighted by Crippen LogP contribution is 2.17. The number of benzene rings is 1. The minimum Gasteiger partial charge on any atom is -0.382 e. The third kappa shape index (κ3) is 4.98. The summed E-state index contributed by atoms with van der Waals surface area (Å²) in [6.07, 6.45) is 7.14. The van der Waals surface area contributed by atoms with E-state index in [9.17, 15) is 4.21 Å². The van der Waals surface area contributed by atoms with Crippen LogP contribution in [0.2, 0.25) is 0 Å². The summed E-state index contributed by atoms with van der Waals surface area (Å²) in [5.74, 6) is 1.71. The van der Waals surface area contributed by atoms with Crippen molar-refractivity contribution in [2.75, 3.05) is 16.8 Å². The van der Waals surface area contributed by atoms with Gasteiger partial charge in [-0.2, -0.15) is 0 Å². The number of aryl methyl sites for hydroxylation is 1. The van der Waals surface area contributed by atoms with Crippen LogP contribution in [0.5, 0.6) is 0 Å². The van der Waals surface area contributed by atoms with E-state index in [0.29, 0.717) is 6.04 Å². The van der Waals surface area contributed by atoms with Crippen LogP contribution in [0.1, 0.15) is 44.6 Å². The van der Waals surface area contributed by atoms with Gasteiger partial charge in [0.15, 0.2) is 0 Å². The van der Waals surface area contributed by atoms with Crippen molar-refractivity contribution in [3.63, 3.8) is 0 Å². The van der Waals surface area contributed by atoms with E-state index in [1.807, 2.05) is 0 Å². The molecule has 0 aromatic heterocycles. The van der Waals surface area contributed by atoms with E-state index in [0.717, 1.165) is 24.3 Å². The minimum absolute atomic E-state index is 0.503. The zero-order valence-electron chi connectivity index (χ0n) is 11.9. The molecule has 1 aromatic rings. The van der Waals surface area contributed by atoms with E-state index >= 15 is 0 Å². The molecule has 0 aliphatic carbocycles. The standard InChI is InChI=1S/C16H25NOS/c1-2-3-4-5-14-6-8-15(9-7-14)17-16-10-12-19(18)13-11-16/h6-9,16-17H,2-5,10-13H2,1H3. The first-order valence-corrected chi connectivity index (χ1v) is 8.97. The van der Waals surface area contributed by atoms with Gasteiger partial charge in [0, 0.05) is 34.0 Å². The van der Waals surface area contributed by atoms with Gasteiger partial charge in [-0.15, -0.1) is 0 Å². The average Bonchev–Trinajstić information content (AvgIpc) is 2.44. The van der Waals surface area contributed by atoms with Gasteiger partial charge in [-0.25, -0.2) is 0 Å². The van der Waals surface area contributed by atoms with Gasteiger partial charge in [0.05, 0.1) is 0 Å². The highest BCUT2D eigenvalue weighted by molar-refractivity contribution is 7.85. The van der Waals surface area contributed by atoms with Crippen molar-refractivity contribution in [2.24, 2.45) is 0 Å². The summed E-state index contributed by atoms with van der Waals surface area (Å²) in [5.41, 5.74) is 2.64. The molecule has 1 aliphatic heterocycles. The number of rotatable bonds is 6. The SMILES string of the molecule is CCCCCc1ccc(NC2CCS(=O)CC2)cc1. The van der Waals surface area contributed by atoms with Crippen LogP contribution < -0.4 is 5.32 Å². The zero-order chi connectivity index (χ0) is 13.5. The van der Waals surface area contributed by atoms with Gasteiger partial charge in [0.25, 0.3) is 0 Å². The molecule has 1 fully saturated rings. The molecular formula is C16H25NOS. The lowest BCUT2D eigenvalue weighted by Crippen LogP contribution is -2.29. The highest BCUT2D eigenvalue weighted by Gasteiger charge is 2.17. The van der Waals surface area contributed by atoms with E-state index in [2.05, 4.69) is 36.5 Å². The topological polar surface area (TPSA) is 29.1 Å². The van der Waals surface area contributed by atoms with E-state index in [4.69, 9.17) is 0 Å². The molecular weight excluding hydrogens is 254 g/mol. The molecule has 1 heterocycles. The van der Waals surface area contributed by atoms with Crippen LogP contribution in [0, 0.1) is 0 Å². The predicted molar refractivity (Wildman–Crippen MR) is 84.2 cm³/mol. The number of unbranched alkanes of at least 4 members (excludes halogenated alkanes) is 2. The van der Waals surface area contributed by atoms with Crippen LogP contribution in [0.3, 0.4) is 0 Å². The lowest BCUT2D eigenvalue weighted by molar-refractivity contribution is 0.624. The summed E-state index contributed by atoms with van der Waals surface area (Å²) in [6.45, 7) is 2.24. The molecule has 0 radical (unpaired) electrons. The van der Waals surface area contributed by atoms with Gasteiger partial charge in [-0.05, 0) is 43.4 Å². The van der Waals surface area contributed by atoms with Crippen molar-refractivity contribution < 1.29 is 4.21 Å². The number of hydrogen-bond acceptors (Lipinski definition) is 2. The van der Waals surface area contributed by atoms with Gasteiger partial charge in [0.2, 0.25) is 0 Å². The molecule has 2 rings (SSSR count). The molecule has 3 heteroatoms. The quantitative estimate of drug-likeness (QED) is 0.804. The van der Waals surface area contributed by atoms with Crippen LogP contribution >= 0.6 is 0 Å². The Labute approximate surface area is 119 Å². The minimum atomic E-state index is -0.567. The fraction of sp³-hybridized carbons (Fsp3) is 0.625. The molecule has 1 aliphatic rings. The van der Waals surface area contributed by atoms with E-state index in [1.54, 1.807) is 0 Å². The third-order valence-corrected chi connectivity index (χ3v) is 5.16. The lowest BCUT2D eigenvalue weighted by Gasteiger charge is -2.23. The summed E-state index contributed by atoms with van der Waals surface area (Å²) < 4.78 is 11.3. The Morgan fingerprint density at radius 3 is 2.47 bits per heavy atom. The van der Waals surface area contributed by atoms with Crippen LogP contribution in [0.25, 0.3) is 0 Å². The monoisotopic (exact) mass is 279 g/mol. The second-order valence-electron chi connectivity index (χ2n) is 5.42. The molecule has 1 aromatic carbocycles. The molecule has 0 atom stereocenters. The van der Waals surface area contributed by atoms with Crippen molar-refractivity contribution in [2.45, 2.75) is 51.5 Å². The third-order valence-electron chi connectivity index (χ3n) is 3.78. The summed E-state index contributed by atoms with van der Waals surface area (Å²) in [4.78, 5) is 0. The van der Waals surface area contributed by atoms with Crippen molar-refractivity contribution >= 4 is 16.5 Å². The summed E-state index contributed by atoms with van der Waals surface area (Å²) in [5, 5.41) is 3.56. The molecule has 0 spiro atoms. The maximum absolute atomic E-state index is 11.3. The van der Waals surface area contributed by atoms with Crippen molar-refractivity contribution in [3.8, 4) is 0 Å². The smallest absolute Gasteiger partial charge is 0.0342 e. The Bertz CT molecular complexity index is 392. The van der Waals surface area contributed by atoms with E-state index < -0.39 is 10.8 Å². The Balaban J connectivity index is 1.79. The number of nitrogens with one attached hydrogen (secondary N) is 1. The van der Waals surface area contributed by atoms with Gasteiger partial charge in [-0.3, -0.25) is 4.21 Å². The van der Waals surface area contributed by atoms with Crippen molar-refractivity contribution in [3.05, 3.63) is 29.8 Å². The van der Waals surface area contributed by atoms with Gasteiger partial charge >= 0.3 is 0 Å². The molecule has 2 nitrogen and oxygen atoms in total. The molecule has 0 saturated carbocycles. The molecule has 1 saturated heterocycles. The summed E-state index contributed by atoms with van der Waals surface area (Å²) in [6, 6.07) is 9.35. The van der Waals surface area contributed by atoms with Gasteiger partial charge < -0.3 is 5.32 Å². The number of hydrogen-bond donors (Lipinski definition) is 1. The number of anilines is 1. The van der Waals surface area contributed by atoms with Gasteiger partial charge in [0.1, 0.15) is 0 Å². The second-order valence-corrected chi connectivity index (χ2v) is 7.12. The Morgan fingerprint density at radius 1 is 1.16 bits per heavy atom. The summed E-state index contributed by atoms with van der Waals surface area (Å²) >= 11 is 0. The predicted octanol–water partition coefficient (Wildman–Crippen LogP) is 3.74. The zero-order valence-corrected chi connectivity index (χ0v) is 12.7. The fourth-order valence-corrected chi connectivity index (χ4v) is 3.82.